The highest BCUT2D eigenvalue weighted by Gasteiger charge is 2.19. The Morgan fingerprint density at radius 3 is 0.899 bits per heavy atom. The fourth-order valence-corrected chi connectivity index (χ4v) is 9.09. The average Bonchev–Trinajstić information content (AvgIpc) is 3.45. The van der Waals surface area contributed by atoms with E-state index >= 15 is 0 Å². The Kier molecular flexibility index (Phi) is 62.8. The normalized spacial score (nSPS) is 12.9. The number of carbonyl (C=O) groups is 3. The van der Waals surface area contributed by atoms with Gasteiger partial charge >= 0.3 is 17.9 Å². The Morgan fingerprint density at radius 2 is 0.544 bits per heavy atom. The molecule has 0 saturated carbocycles. The first kappa shape index (κ1) is 74.8. The van der Waals surface area contributed by atoms with Gasteiger partial charge < -0.3 is 14.2 Å². The molecule has 0 aromatic rings. The molecule has 0 radical (unpaired) electrons. The Hall–Kier alpha value is -4.19. The topological polar surface area (TPSA) is 78.9 Å². The molecular weight excluding hydrogens is 973 g/mol. The highest BCUT2D eigenvalue weighted by atomic mass is 16.6. The minimum Gasteiger partial charge on any atom is -0.462 e. The van der Waals surface area contributed by atoms with E-state index in [2.05, 4.69) is 130 Å². The minimum absolute atomic E-state index is 0.109. The smallest absolute Gasteiger partial charge is 0.309 e. The lowest BCUT2D eigenvalue weighted by atomic mass is 10.0. The molecular formula is C73H122O6. The molecule has 0 spiro atoms. The molecule has 0 rings (SSSR count). The number of hydrogen-bond acceptors (Lipinski definition) is 6. The van der Waals surface area contributed by atoms with E-state index in [4.69, 9.17) is 14.2 Å². The molecule has 0 aliphatic rings. The van der Waals surface area contributed by atoms with Crippen LogP contribution in [-0.4, -0.2) is 37.2 Å². The molecule has 0 heterocycles. The standard InChI is InChI=1S/C73H122O6/c1-4-7-10-13-16-19-22-25-28-30-32-33-34-35-36-37-38-39-41-42-45-48-51-54-57-60-63-66-72(75)78-69-70(68-77-71(74)65-62-59-56-53-50-47-44-27-24-21-18-15-12-9-6-3)79-73(76)67-64-61-58-55-52-49-46-43-40-31-29-26-23-20-17-14-11-8-5-2/h7,9-10,12,16,18-19,21,25-29,32-33,44,50,53,59,62,70H,4-6,8,11,13-15,17,20,22-24,30-31,34-43,45-49,51-52,54-58,60-61,63-69H2,1-3H3/b10-7-,12-9-,19-16-,21-18-,28-25-,29-26-,33-32-,44-27-,53-50-,62-59-. The van der Waals surface area contributed by atoms with Crippen molar-refractivity contribution in [3.8, 4) is 0 Å². The van der Waals surface area contributed by atoms with Crippen molar-refractivity contribution in [2.45, 2.75) is 309 Å². The van der Waals surface area contributed by atoms with Crippen molar-refractivity contribution in [2.24, 2.45) is 0 Å². The number of unbranched alkanes of at least 4 members (excludes halogenated alkanes) is 29. The largest absolute Gasteiger partial charge is 0.462 e. The van der Waals surface area contributed by atoms with Crippen molar-refractivity contribution < 1.29 is 28.6 Å². The van der Waals surface area contributed by atoms with Crippen molar-refractivity contribution in [3.63, 3.8) is 0 Å². The maximum absolute atomic E-state index is 12.9. The van der Waals surface area contributed by atoms with Gasteiger partial charge in [-0.3, -0.25) is 14.4 Å². The van der Waals surface area contributed by atoms with Gasteiger partial charge in [0.05, 0.1) is 6.42 Å². The Morgan fingerprint density at radius 1 is 0.278 bits per heavy atom. The van der Waals surface area contributed by atoms with E-state index in [1.165, 1.54) is 167 Å². The van der Waals surface area contributed by atoms with E-state index < -0.39 is 12.1 Å². The summed E-state index contributed by atoms with van der Waals surface area (Å²) in [4.78, 5) is 38.3. The van der Waals surface area contributed by atoms with Crippen LogP contribution in [0.5, 0.6) is 0 Å². The molecule has 0 aliphatic heterocycles. The highest BCUT2D eigenvalue weighted by Crippen LogP contribution is 2.16. The minimum atomic E-state index is -0.823. The molecule has 6 nitrogen and oxygen atoms in total. The third-order valence-corrected chi connectivity index (χ3v) is 14.0. The van der Waals surface area contributed by atoms with E-state index in [9.17, 15) is 14.4 Å². The highest BCUT2D eigenvalue weighted by molar-refractivity contribution is 5.72. The SMILES string of the molecule is CC/C=C\C/C=C\C/C=C\C/C=C\C/C=C\CC(=O)OCC(COC(=O)CCCCCCCCCCCCCCCC/C=C\C/C=C\C/C=C\C/C=C\CC)OC(=O)CCCCCCCCCCC/C=C\CCCCCCCC. The van der Waals surface area contributed by atoms with E-state index in [0.717, 1.165) is 96.3 Å². The van der Waals surface area contributed by atoms with Gasteiger partial charge in [-0.25, -0.2) is 0 Å². The van der Waals surface area contributed by atoms with Crippen LogP contribution in [0.2, 0.25) is 0 Å². The summed E-state index contributed by atoms with van der Waals surface area (Å²) in [6.07, 6.45) is 92.4. The van der Waals surface area contributed by atoms with E-state index in [1.807, 2.05) is 6.08 Å². The number of carbonyl (C=O) groups excluding carboxylic acids is 3. The quantitative estimate of drug-likeness (QED) is 0.0261. The number of rotatable bonds is 59. The van der Waals surface area contributed by atoms with Crippen LogP contribution in [0.4, 0.5) is 0 Å². The average molecular weight is 1100 g/mol. The van der Waals surface area contributed by atoms with Crippen LogP contribution in [0.15, 0.2) is 122 Å². The molecule has 0 aromatic heterocycles. The van der Waals surface area contributed by atoms with Crippen molar-refractivity contribution in [1.29, 1.82) is 0 Å². The summed E-state index contributed by atoms with van der Waals surface area (Å²) in [6.45, 7) is 6.34. The first-order valence-electron chi connectivity index (χ1n) is 33.0. The molecule has 79 heavy (non-hydrogen) atoms. The van der Waals surface area contributed by atoms with Gasteiger partial charge in [0, 0.05) is 12.8 Å². The second-order valence-electron chi connectivity index (χ2n) is 21.6. The third-order valence-electron chi connectivity index (χ3n) is 14.0. The molecule has 1 unspecified atom stereocenters. The zero-order valence-corrected chi connectivity index (χ0v) is 51.6. The van der Waals surface area contributed by atoms with Crippen LogP contribution in [0, 0.1) is 0 Å². The van der Waals surface area contributed by atoms with E-state index in [1.54, 1.807) is 6.08 Å². The zero-order valence-electron chi connectivity index (χ0n) is 51.6. The van der Waals surface area contributed by atoms with Gasteiger partial charge in [-0.15, -0.1) is 0 Å². The molecule has 1 atom stereocenters. The van der Waals surface area contributed by atoms with Crippen molar-refractivity contribution in [2.75, 3.05) is 13.2 Å². The van der Waals surface area contributed by atoms with Crippen molar-refractivity contribution >= 4 is 17.9 Å². The summed E-state index contributed by atoms with van der Waals surface area (Å²) >= 11 is 0. The lowest BCUT2D eigenvalue weighted by Gasteiger charge is -2.18. The fourth-order valence-electron chi connectivity index (χ4n) is 9.09. The predicted molar refractivity (Wildman–Crippen MR) is 343 cm³/mol. The zero-order chi connectivity index (χ0) is 57.1. The number of hydrogen-bond donors (Lipinski definition) is 0. The lowest BCUT2D eigenvalue weighted by Crippen LogP contribution is -2.30. The van der Waals surface area contributed by atoms with Gasteiger partial charge in [0.25, 0.3) is 0 Å². The maximum Gasteiger partial charge on any atom is 0.309 e. The Bertz CT molecular complexity index is 1640. The van der Waals surface area contributed by atoms with Gasteiger partial charge in [-0.2, -0.15) is 0 Å². The van der Waals surface area contributed by atoms with Crippen LogP contribution in [0.3, 0.4) is 0 Å². The monoisotopic (exact) mass is 1090 g/mol. The van der Waals surface area contributed by atoms with Crippen molar-refractivity contribution in [1.82, 2.24) is 0 Å². The molecule has 0 fully saturated rings. The van der Waals surface area contributed by atoms with Gasteiger partial charge in [0.1, 0.15) is 13.2 Å². The molecule has 0 amide bonds. The molecule has 450 valence electrons. The molecule has 0 aliphatic carbocycles. The number of ether oxygens (including phenoxy) is 3. The number of allylic oxidation sites excluding steroid dienone is 19. The van der Waals surface area contributed by atoms with Crippen LogP contribution in [0.25, 0.3) is 0 Å². The van der Waals surface area contributed by atoms with E-state index in [-0.39, 0.29) is 31.6 Å². The summed E-state index contributed by atoms with van der Waals surface area (Å²) < 4.78 is 16.8. The van der Waals surface area contributed by atoms with Crippen LogP contribution >= 0.6 is 0 Å². The van der Waals surface area contributed by atoms with Gasteiger partial charge in [0.15, 0.2) is 6.10 Å². The van der Waals surface area contributed by atoms with Crippen LogP contribution in [-0.2, 0) is 28.6 Å². The summed E-state index contributed by atoms with van der Waals surface area (Å²) in [5.74, 6) is -1.04. The molecule has 0 bridgehead atoms. The fraction of sp³-hybridized carbons (Fsp3) is 0.685. The molecule has 0 N–H and O–H groups in total. The molecule has 0 saturated heterocycles. The molecule has 0 aromatic carbocycles. The van der Waals surface area contributed by atoms with Gasteiger partial charge in [-0.1, -0.05) is 296 Å². The predicted octanol–water partition coefficient (Wildman–Crippen LogP) is 22.8. The maximum atomic E-state index is 12.9. The summed E-state index contributed by atoms with van der Waals surface area (Å²) in [5, 5.41) is 0. The second kappa shape index (κ2) is 66.3. The summed E-state index contributed by atoms with van der Waals surface area (Å²) in [5.41, 5.74) is 0. The molecule has 6 heteroatoms. The Balaban J connectivity index is 4.37. The second-order valence-corrected chi connectivity index (χ2v) is 21.6. The van der Waals surface area contributed by atoms with Crippen molar-refractivity contribution in [3.05, 3.63) is 122 Å². The van der Waals surface area contributed by atoms with Crippen LogP contribution in [0.1, 0.15) is 303 Å². The Labute approximate surface area is 488 Å². The first-order valence-corrected chi connectivity index (χ1v) is 33.0. The number of esters is 3. The lowest BCUT2D eigenvalue weighted by molar-refractivity contribution is -0.166. The van der Waals surface area contributed by atoms with Gasteiger partial charge in [-0.05, 0) is 109 Å². The summed E-state index contributed by atoms with van der Waals surface area (Å²) in [7, 11) is 0. The van der Waals surface area contributed by atoms with E-state index in [0.29, 0.717) is 12.8 Å². The van der Waals surface area contributed by atoms with Gasteiger partial charge in [0.2, 0.25) is 0 Å². The first-order chi connectivity index (χ1) is 39.0. The summed E-state index contributed by atoms with van der Waals surface area (Å²) in [6, 6.07) is 0. The van der Waals surface area contributed by atoms with Crippen LogP contribution < -0.4 is 0 Å². The third kappa shape index (κ3) is 64.5.